The maximum atomic E-state index is 5.77. The molecule has 0 aliphatic rings. The van der Waals surface area contributed by atoms with Crippen LogP contribution in [0.4, 0.5) is 0 Å². The topological polar surface area (TPSA) is 18.5 Å². The zero-order valence-electron chi connectivity index (χ0n) is 13.4. The molecule has 3 aromatic rings. The molecule has 2 nitrogen and oxygen atoms in total. The van der Waals surface area contributed by atoms with Gasteiger partial charge in [-0.1, -0.05) is 42.5 Å². The van der Waals surface area contributed by atoms with Crippen LogP contribution in [0.15, 0.2) is 66.7 Å². The average molecular weight is 303 g/mol. The smallest absolute Gasteiger partial charge is 0.127 e. The monoisotopic (exact) mass is 303 g/mol. The molecule has 2 heteroatoms. The van der Waals surface area contributed by atoms with Crippen LogP contribution in [0.25, 0.3) is 11.1 Å². The molecule has 115 valence electrons. The number of ether oxygens (including phenoxy) is 2. The Morgan fingerprint density at radius 3 is 2.61 bits per heavy atom. The Balaban J connectivity index is 1.80. The number of benzene rings is 3. The molecule has 0 fully saturated rings. The SMILES string of the molecule is COc1ccc(-c2cccc(COc3[c]cccc3)c2)c(C)c1. The van der Waals surface area contributed by atoms with Gasteiger partial charge in [0.15, 0.2) is 0 Å². The summed E-state index contributed by atoms with van der Waals surface area (Å²) in [6.45, 7) is 2.63. The Hall–Kier alpha value is -2.74. The van der Waals surface area contributed by atoms with Crippen LogP contribution in [0.5, 0.6) is 11.5 Å². The van der Waals surface area contributed by atoms with Gasteiger partial charge < -0.3 is 9.47 Å². The highest BCUT2D eigenvalue weighted by Gasteiger charge is 2.05. The standard InChI is InChI=1S/C21H19O2/c1-16-13-20(22-2)11-12-21(16)18-8-6-7-17(14-18)15-23-19-9-4-3-5-10-19/h3-9,11-14H,15H2,1-2H3. The Bertz CT molecular complexity index is 779. The molecule has 23 heavy (non-hydrogen) atoms. The van der Waals surface area contributed by atoms with Crippen molar-refractivity contribution in [2.45, 2.75) is 13.5 Å². The predicted octanol–water partition coefficient (Wildman–Crippen LogP) is 5.05. The van der Waals surface area contributed by atoms with Gasteiger partial charge in [0.1, 0.15) is 18.1 Å². The molecule has 0 aromatic heterocycles. The number of methoxy groups -OCH3 is 1. The molecule has 0 saturated carbocycles. The van der Waals surface area contributed by atoms with Crippen molar-refractivity contribution in [2.75, 3.05) is 7.11 Å². The summed E-state index contributed by atoms with van der Waals surface area (Å²) in [5.74, 6) is 1.64. The van der Waals surface area contributed by atoms with E-state index in [-0.39, 0.29) is 0 Å². The maximum Gasteiger partial charge on any atom is 0.127 e. The van der Waals surface area contributed by atoms with E-state index in [0.29, 0.717) is 6.61 Å². The Morgan fingerprint density at radius 1 is 0.957 bits per heavy atom. The van der Waals surface area contributed by atoms with Gasteiger partial charge in [0.25, 0.3) is 0 Å². The van der Waals surface area contributed by atoms with Crippen LogP contribution in [0.1, 0.15) is 11.1 Å². The van der Waals surface area contributed by atoms with Crippen molar-refractivity contribution in [3.63, 3.8) is 0 Å². The third-order valence-corrected chi connectivity index (χ3v) is 3.75. The summed E-state index contributed by atoms with van der Waals surface area (Å²) in [7, 11) is 1.69. The first-order chi connectivity index (χ1) is 11.3. The van der Waals surface area contributed by atoms with Crippen molar-refractivity contribution in [3.05, 3.63) is 83.9 Å². The van der Waals surface area contributed by atoms with Gasteiger partial charge in [0.2, 0.25) is 0 Å². The van der Waals surface area contributed by atoms with Crippen LogP contribution in [-0.4, -0.2) is 7.11 Å². The largest absolute Gasteiger partial charge is 0.497 e. The van der Waals surface area contributed by atoms with Gasteiger partial charge >= 0.3 is 0 Å². The maximum absolute atomic E-state index is 5.77. The van der Waals surface area contributed by atoms with Gasteiger partial charge in [-0.2, -0.15) is 0 Å². The molecule has 1 radical (unpaired) electrons. The van der Waals surface area contributed by atoms with Gasteiger partial charge in [-0.15, -0.1) is 0 Å². The number of hydrogen-bond acceptors (Lipinski definition) is 2. The highest BCUT2D eigenvalue weighted by atomic mass is 16.5. The second-order valence-electron chi connectivity index (χ2n) is 5.40. The first-order valence-electron chi connectivity index (χ1n) is 7.60. The molecular weight excluding hydrogens is 284 g/mol. The molecular formula is C21H19O2. The normalized spacial score (nSPS) is 10.3. The Kier molecular flexibility index (Phi) is 4.62. The lowest BCUT2D eigenvalue weighted by Gasteiger charge is -2.11. The van der Waals surface area contributed by atoms with Crippen molar-refractivity contribution in [2.24, 2.45) is 0 Å². The quantitative estimate of drug-likeness (QED) is 0.656. The van der Waals surface area contributed by atoms with Crippen molar-refractivity contribution in [3.8, 4) is 22.6 Å². The summed E-state index contributed by atoms with van der Waals surface area (Å²) in [5.41, 5.74) is 4.72. The summed E-state index contributed by atoms with van der Waals surface area (Å²) in [6.07, 6.45) is 0. The molecule has 0 unspecified atom stereocenters. The highest BCUT2D eigenvalue weighted by molar-refractivity contribution is 5.68. The van der Waals surface area contributed by atoms with E-state index in [1.165, 1.54) is 16.7 Å². The predicted molar refractivity (Wildman–Crippen MR) is 92.8 cm³/mol. The van der Waals surface area contributed by atoms with Crippen LogP contribution in [0.2, 0.25) is 0 Å². The number of hydrogen-bond donors (Lipinski definition) is 0. The van der Waals surface area contributed by atoms with Crippen LogP contribution < -0.4 is 9.47 Å². The summed E-state index contributed by atoms with van der Waals surface area (Å²) in [5, 5.41) is 0. The minimum absolute atomic E-state index is 0.531. The van der Waals surface area contributed by atoms with Crippen molar-refractivity contribution < 1.29 is 9.47 Å². The fourth-order valence-corrected chi connectivity index (χ4v) is 2.54. The molecule has 0 amide bonds. The first-order valence-corrected chi connectivity index (χ1v) is 7.60. The second kappa shape index (κ2) is 7.01. The first kappa shape index (κ1) is 15.2. The van der Waals surface area contributed by atoms with Crippen LogP contribution >= 0.6 is 0 Å². The van der Waals surface area contributed by atoms with Gasteiger partial charge in [0, 0.05) is 6.07 Å². The summed E-state index contributed by atoms with van der Waals surface area (Å²) in [4.78, 5) is 0. The third kappa shape index (κ3) is 3.72. The molecule has 0 atom stereocenters. The van der Waals surface area contributed by atoms with E-state index >= 15 is 0 Å². The van der Waals surface area contributed by atoms with Crippen molar-refractivity contribution in [1.82, 2.24) is 0 Å². The molecule has 3 aromatic carbocycles. The van der Waals surface area contributed by atoms with E-state index in [9.17, 15) is 0 Å². The average Bonchev–Trinajstić information content (AvgIpc) is 2.61. The van der Waals surface area contributed by atoms with Gasteiger partial charge in [-0.05, 0) is 53.4 Å². The van der Waals surface area contributed by atoms with Crippen molar-refractivity contribution in [1.29, 1.82) is 0 Å². The lowest BCUT2D eigenvalue weighted by Crippen LogP contribution is -1.96. The van der Waals surface area contributed by atoms with Gasteiger partial charge in [0.05, 0.1) is 7.11 Å². The van der Waals surface area contributed by atoms with E-state index in [0.717, 1.165) is 17.1 Å². The summed E-state index contributed by atoms with van der Waals surface area (Å²) in [6, 6.07) is 25.3. The fourth-order valence-electron chi connectivity index (χ4n) is 2.54. The molecule has 0 bridgehead atoms. The minimum Gasteiger partial charge on any atom is -0.497 e. The highest BCUT2D eigenvalue weighted by Crippen LogP contribution is 2.27. The van der Waals surface area contributed by atoms with E-state index < -0.39 is 0 Å². The number of para-hydroxylation sites is 1. The Labute approximate surface area is 137 Å². The summed E-state index contributed by atoms with van der Waals surface area (Å²) >= 11 is 0. The fraction of sp³-hybridized carbons (Fsp3) is 0.143. The van der Waals surface area contributed by atoms with E-state index in [2.05, 4.69) is 49.4 Å². The van der Waals surface area contributed by atoms with Gasteiger partial charge in [-0.25, -0.2) is 0 Å². The second-order valence-corrected chi connectivity index (χ2v) is 5.40. The molecule has 0 N–H and O–H groups in total. The van der Waals surface area contributed by atoms with Crippen molar-refractivity contribution >= 4 is 0 Å². The molecule has 0 aliphatic heterocycles. The summed E-state index contributed by atoms with van der Waals surface area (Å²) < 4.78 is 11.0. The molecule has 0 aliphatic carbocycles. The zero-order chi connectivity index (χ0) is 16.1. The van der Waals surface area contributed by atoms with Gasteiger partial charge in [-0.3, -0.25) is 0 Å². The Morgan fingerprint density at radius 2 is 1.87 bits per heavy atom. The zero-order valence-corrected chi connectivity index (χ0v) is 13.4. The number of rotatable bonds is 5. The molecule has 0 spiro atoms. The minimum atomic E-state index is 0.531. The van der Waals surface area contributed by atoms with Crippen LogP contribution in [-0.2, 0) is 6.61 Å². The van der Waals surface area contributed by atoms with E-state index in [1.807, 2.05) is 30.3 Å². The van der Waals surface area contributed by atoms with E-state index in [1.54, 1.807) is 7.11 Å². The molecule has 0 saturated heterocycles. The lowest BCUT2D eigenvalue weighted by molar-refractivity contribution is 0.305. The van der Waals surface area contributed by atoms with Crippen LogP contribution in [0.3, 0.4) is 0 Å². The third-order valence-electron chi connectivity index (χ3n) is 3.75. The number of aryl methyl sites for hydroxylation is 1. The lowest BCUT2D eigenvalue weighted by atomic mass is 9.99. The molecule has 0 heterocycles. The van der Waals surface area contributed by atoms with E-state index in [4.69, 9.17) is 9.47 Å². The van der Waals surface area contributed by atoms with Crippen LogP contribution in [0, 0.1) is 13.0 Å². The molecule has 3 rings (SSSR count).